The molecule has 0 unspecified atom stereocenters. The van der Waals surface area contributed by atoms with E-state index >= 15 is 0 Å². The summed E-state index contributed by atoms with van der Waals surface area (Å²) in [4.78, 5) is 25.2. The number of carbonyl (C=O) groups is 2. The summed E-state index contributed by atoms with van der Waals surface area (Å²) in [6.45, 7) is 3.28. The van der Waals surface area contributed by atoms with Crippen molar-refractivity contribution in [3.05, 3.63) is 30.3 Å². The summed E-state index contributed by atoms with van der Waals surface area (Å²) in [6.07, 6.45) is -0.146. The second-order valence-electron chi connectivity index (χ2n) is 3.99. The maximum Gasteiger partial charge on any atom is 0.236 e. The van der Waals surface area contributed by atoms with Crippen LogP contribution < -0.4 is 10.2 Å². The summed E-state index contributed by atoms with van der Waals surface area (Å²) in [7, 11) is 1.56. The van der Waals surface area contributed by atoms with E-state index in [1.54, 1.807) is 12.0 Å². The summed E-state index contributed by atoms with van der Waals surface area (Å²) in [6, 6.07) is 9.32. The molecule has 1 N–H and O–H groups in total. The SMILES string of the molecule is CCN(C(=O)CC(=O)NCCOC)c1ccccc1. The molecule has 0 radical (unpaired) electrons. The summed E-state index contributed by atoms with van der Waals surface area (Å²) in [5.74, 6) is -0.486. The van der Waals surface area contributed by atoms with Crippen LogP contribution in [0.15, 0.2) is 30.3 Å². The van der Waals surface area contributed by atoms with Gasteiger partial charge in [0.05, 0.1) is 6.61 Å². The average Bonchev–Trinajstić information content (AvgIpc) is 2.41. The first-order valence-corrected chi connectivity index (χ1v) is 6.30. The molecule has 0 aliphatic carbocycles. The van der Waals surface area contributed by atoms with Gasteiger partial charge in [0.15, 0.2) is 0 Å². The van der Waals surface area contributed by atoms with Crippen LogP contribution in [0.25, 0.3) is 0 Å². The fourth-order valence-corrected chi connectivity index (χ4v) is 1.70. The molecule has 5 nitrogen and oxygen atoms in total. The van der Waals surface area contributed by atoms with Gasteiger partial charge in [-0.15, -0.1) is 0 Å². The van der Waals surface area contributed by atoms with Gasteiger partial charge in [0.25, 0.3) is 0 Å². The first-order valence-electron chi connectivity index (χ1n) is 6.30. The van der Waals surface area contributed by atoms with Crippen molar-refractivity contribution in [3.8, 4) is 0 Å². The van der Waals surface area contributed by atoms with Crippen molar-refractivity contribution in [2.24, 2.45) is 0 Å². The third kappa shape index (κ3) is 5.09. The minimum atomic E-state index is -0.281. The predicted octanol–water partition coefficient (Wildman–Crippen LogP) is 1.19. The van der Waals surface area contributed by atoms with Crippen molar-refractivity contribution >= 4 is 17.5 Å². The van der Waals surface area contributed by atoms with Gasteiger partial charge in [0.1, 0.15) is 6.42 Å². The van der Waals surface area contributed by atoms with E-state index in [1.807, 2.05) is 37.3 Å². The molecule has 2 amide bonds. The van der Waals surface area contributed by atoms with E-state index in [0.29, 0.717) is 19.7 Å². The van der Waals surface area contributed by atoms with Crippen LogP contribution in [0.1, 0.15) is 13.3 Å². The fourth-order valence-electron chi connectivity index (χ4n) is 1.70. The molecule has 0 fully saturated rings. The number of benzene rings is 1. The summed E-state index contributed by atoms with van der Waals surface area (Å²) in [5.41, 5.74) is 0.805. The Labute approximate surface area is 113 Å². The fraction of sp³-hybridized carbons (Fsp3) is 0.429. The van der Waals surface area contributed by atoms with Gasteiger partial charge < -0.3 is 15.0 Å². The van der Waals surface area contributed by atoms with Gasteiger partial charge in [0, 0.05) is 25.9 Å². The number of amides is 2. The topological polar surface area (TPSA) is 58.6 Å². The molecule has 19 heavy (non-hydrogen) atoms. The predicted molar refractivity (Wildman–Crippen MR) is 74.0 cm³/mol. The van der Waals surface area contributed by atoms with Crippen molar-refractivity contribution in [1.82, 2.24) is 5.32 Å². The lowest BCUT2D eigenvalue weighted by Gasteiger charge is -2.20. The van der Waals surface area contributed by atoms with Crippen molar-refractivity contribution < 1.29 is 14.3 Å². The van der Waals surface area contributed by atoms with Gasteiger partial charge >= 0.3 is 0 Å². The zero-order chi connectivity index (χ0) is 14.1. The van der Waals surface area contributed by atoms with E-state index in [9.17, 15) is 9.59 Å². The number of anilines is 1. The highest BCUT2D eigenvalue weighted by atomic mass is 16.5. The van der Waals surface area contributed by atoms with Crippen molar-refractivity contribution in [2.75, 3.05) is 31.7 Å². The third-order valence-corrected chi connectivity index (χ3v) is 2.63. The number of hydrogen-bond donors (Lipinski definition) is 1. The molecule has 0 bridgehead atoms. The second kappa shape index (κ2) is 8.26. The zero-order valence-electron chi connectivity index (χ0n) is 11.4. The molecule has 0 aliphatic rings. The Kier molecular flexibility index (Phi) is 6.60. The Morgan fingerprint density at radius 1 is 1.26 bits per heavy atom. The molecule has 1 aromatic rings. The highest BCUT2D eigenvalue weighted by molar-refractivity contribution is 6.04. The van der Waals surface area contributed by atoms with E-state index in [-0.39, 0.29) is 18.2 Å². The number of ether oxygens (including phenoxy) is 1. The number of para-hydroxylation sites is 1. The molecule has 1 rings (SSSR count). The molecule has 0 spiro atoms. The Morgan fingerprint density at radius 3 is 2.53 bits per heavy atom. The van der Waals surface area contributed by atoms with Gasteiger partial charge in [-0.1, -0.05) is 18.2 Å². The number of nitrogens with zero attached hydrogens (tertiary/aromatic N) is 1. The summed E-state index contributed by atoms with van der Waals surface area (Å²) >= 11 is 0. The van der Waals surface area contributed by atoms with Crippen LogP contribution in [-0.4, -0.2) is 38.6 Å². The Hall–Kier alpha value is -1.88. The first-order chi connectivity index (χ1) is 9.19. The van der Waals surface area contributed by atoms with Crippen LogP contribution in [0.3, 0.4) is 0 Å². The number of methoxy groups -OCH3 is 1. The maximum absolute atomic E-state index is 12.1. The lowest BCUT2D eigenvalue weighted by atomic mass is 10.2. The number of nitrogens with one attached hydrogen (secondary N) is 1. The molecule has 104 valence electrons. The lowest BCUT2D eigenvalue weighted by molar-refractivity contribution is -0.128. The Bertz CT molecular complexity index is 406. The van der Waals surface area contributed by atoms with Gasteiger partial charge in [-0.2, -0.15) is 0 Å². The van der Waals surface area contributed by atoms with E-state index in [2.05, 4.69) is 5.32 Å². The smallest absolute Gasteiger partial charge is 0.236 e. The van der Waals surface area contributed by atoms with Crippen LogP contribution in [0.2, 0.25) is 0 Å². The normalized spacial score (nSPS) is 10.0. The molecule has 0 saturated heterocycles. The zero-order valence-corrected chi connectivity index (χ0v) is 11.4. The lowest BCUT2D eigenvalue weighted by Crippen LogP contribution is -2.36. The number of carbonyl (C=O) groups excluding carboxylic acids is 2. The van der Waals surface area contributed by atoms with E-state index in [4.69, 9.17) is 4.74 Å². The van der Waals surface area contributed by atoms with Crippen molar-refractivity contribution in [3.63, 3.8) is 0 Å². The summed E-state index contributed by atoms with van der Waals surface area (Å²) < 4.78 is 4.83. The molecule has 0 saturated carbocycles. The minimum Gasteiger partial charge on any atom is -0.383 e. The van der Waals surface area contributed by atoms with E-state index in [0.717, 1.165) is 5.69 Å². The third-order valence-electron chi connectivity index (χ3n) is 2.63. The van der Waals surface area contributed by atoms with Crippen LogP contribution in [-0.2, 0) is 14.3 Å². The van der Waals surface area contributed by atoms with E-state index < -0.39 is 0 Å². The van der Waals surface area contributed by atoms with Gasteiger partial charge in [-0.05, 0) is 19.1 Å². The first kappa shape index (κ1) is 15.2. The molecule has 1 aromatic carbocycles. The monoisotopic (exact) mass is 264 g/mol. The van der Waals surface area contributed by atoms with Crippen molar-refractivity contribution in [2.45, 2.75) is 13.3 Å². The van der Waals surface area contributed by atoms with Crippen LogP contribution in [0.4, 0.5) is 5.69 Å². The maximum atomic E-state index is 12.1. The molecule has 5 heteroatoms. The largest absolute Gasteiger partial charge is 0.383 e. The molecular weight excluding hydrogens is 244 g/mol. The van der Waals surface area contributed by atoms with Gasteiger partial charge in [0.2, 0.25) is 11.8 Å². The molecular formula is C14H20N2O3. The van der Waals surface area contributed by atoms with Crippen LogP contribution in [0, 0.1) is 0 Å². The number of rotatable bonds is 7. The van der Waals surface area contributed by atoms with Crippen LogP contribution >= 0.6 is 0 Å². The van der Waals surface area contributed by atoms with Gasteiger partial charge in [-0.25, -0.2) is 0 Å². The Morgan fingerprint density at radius 2 is 1.95 bits per heavy atom. The van der Waals surface area contributed by atoms with E-state index in [1.165, 1.54) is 0 Å². The van der Waals surface area contributed by atoms with Gasteiger partial charge in [-0.3, -0.25) is 9.59 Å². The van der Waals surface area contributed by atoms with Crippen LogP contribution in [0.5, 0.6) is 0 Å². The Balaban J connectivity index is 2.53. The summed E-state index contributed by atoms with van der Waals surface area (Å²) in [5, 5.41) is 2.63. The number of hydrogen-bond acceptors (Lipinski definition) is 3. The second-order valence-corrected chi connectivity index (χ2v) is 3.99. The molecule has 0 aliphatic heterocycles. The van der Waals surface area contributed by atoms with Crippen molar-refractivity contribution in [1.29, 1.82) is 0 Å². The molecule has 0 aromatic heterocycles. The highest BCUT2D eigenvalue weighted by Crippen LogP contribution is 2.13. The molecule has 0 heterocycles. The highest BCUT2D eigenvalue weighted by Gasteiger charge is 2.16. The minimum absolute atomic E-state index is 0.146. The standard InChI is InChI=1S/C14H20N2O3/c1-3-16(12-7-5-4-6-8-12)14(18)11-13(17)15-9-10-19-2/h4-8H,3,9-11H2,1-2H3,(H,15,17). The molecule has 0 atom stereocenters. The quantitative estimate of drug-likeness (QED) is 0.594. The average molecular weight is 264 g/mol.